The number of imide groups is 1. The molecule has 2 aromatic rings. The van der Waals surface area contributed by atoms with E-state index in [2.05, 4.69) is 4.98 Å². The van der Waals surface area contributed by atoms with Gasteiger partial charge < -0.3 is 9.84 Å². The summed E-state index contributed by atoms with van der Waals surface area (Å²) in [5, 5.41) is 8.89. The lowest BCUT2D eigenvalue weighted by Gasteiger charge is -2.15. The monoisotopic (exact) mass is 434 g/mol. The number of carbonyl (C=O) groups excluding carboxylic acids is 3. The van der Waals surface area contributed by atoms with Gasteiger partial charge in [-0.1, -0.05) is 11.8 Å². The van der Waals surface area contributed by atoms with E-state index in [1.165, 1.54) is 29.7 Å². The number of aromatic nitrogens is 1. The van der Waals surface area contributed by atoms with Gasteiger partial charge in [0.2, 0.25) is 11.8 Å². The van der Waals surface area contributed by atoms with Crippen LogP contribution >= 0.6 is 23.1 Å². The molecule has 2 amide bonds. The first-order valence-corrected chi connectivity index (χ1v) is 10.4. The first kappa shape index (κ1) is 21.0. The van der Waals surface area contributed by atoms with E-state index in [0.29, 0.717) is 5.56 Å². The average molecular weight is 434 g/mol. The predicted molar refractivity (Wildman–Crippen MR) is 108 cm³/mol. The second kappa shape index (κ2) is 8.34. The summed E-state index contributed by atoms with van der Waals surface area (Å²) >= 11 is 2.12. The lowest BCUT2D eigenvalue weighted by atomic mass is 10.1. The molecule has 1 fully saturated rings. The summed E-state index contributed by atoms with van der Waals surface area (Å²) in [7, 11) is 0. The molecule has 2 aromatic heterocycles. The summed E-state index contributed by atoms with van der Waals surface area (Å²) < 4.78 is 5.10. The molecular weight excluding hydrogens is 416 g/mol. The number of hydrogen-bond donors (Lipinski definition) is 1. The van der Waals surface area contributed by atoms with Crippen LogP contribution in [-0.2, 0) is 14.3 Å². The standard InChI is InChI=1S/C19H18N2O6S2/c1-4-27-19(26)14-9(2)10(3)28-17(14)21-13(22)8-12(16(21)23)29-15-11(18(24)25)6-5-7-20-15/h5-7,12H,4,8H2,1-3H3,(H,24,25)/t12-/m0/s1. The van der Waals surface area contributed by atoms with E-state index in [0.717, 1.165) is 21.5 Å². The van der Waals surface area contributed by atoms with Crippen molar-refractivity contribution in [3.8, 4) is 0 Å². The summed E-state index contributed by atoms with van der Waals surface area (Å²) in [5.74, 6) is -2.71. The zero-order chi connectivity index (χ0) is 21.3. The average Bonchev–Trinajstić information content (AvgIpc) is 3.10. The molecule has 3 heterocycles. The Balaban J connectivity index is 1.94. The molecular formula is C19H18N2O6S2. The molecule has 0 aliphatic carbocycles. The number of ether oxygens (including phenoxy) is 1. The number of anilines is 1. The van der Waals surface area contributed by atoms with E-state index in [4.69, 9.17) is 4.74 Å². The van der Waals surface area contributed by atoms with Crippen LogP contribution in [0.5, 0.6) is 0 Å². The Bertz CT molecular complexity index is 1020. The maximum atomic E-state index is 13.0. The molecule has 10 heteroatoms. The lowest BCUT2D eigenvalue weighted by molar-refractivity contribution is -0.121. The molecule has 1 aliphatic rings. The second-order valence-corrected chi connectivity index (χ2v) is 8.62. The molecule has 0 spiro atoms. The fourth-order valence-corrected chi connectivity index (χ4v) is 5.17. The highest BCUT2D eigenvalue weighted by Gasteiger charge is 2.43. The van der Waals surface area contributed by atoms with E-state index in [-0.39, 0.29) is 34.2 Å². The minimum atomic E-state index is -1.16. The second-order valence-electron chi connectivity index (χ2n) is 6.22. The van der Waals surface area contributed by atoms with Crippen LogP contribution in [0.2, 0.25) is 0 Å². The fourth-order valence-electron chi connectivity index (χ4n) is 2.90. The molecule has 0 saturated carbocycles. The van der Waals surface area contributed by atoms with Crippen LogP contribution in [0, 0.1) is 13.8 Å². The lowest BCUT2D eigenvalue weighted by Crippen LogP contribution is -2.32. The maximum Gasteiger partial charge on any atom is 0.341 e. The number of hydrogen-bond acceptors (Lipinski definition) is 8. The largest absolute Gasteiger partial charge is 0.478 e. The number of aromatic carboxylic acids is 1. The minimum absolute atomic E-state index is 0.0359. The van der Waals surface area contributed by atoms with Crippen LogP contribution in [0.4, 0.5) is 5.00 Å². The Hall–Kier alpha value is -2.72. The first-order valence-electron chi connectivity index (χ1n) is 8.75. The molecule has 29 heavy (non-hydrogen) atoms. The normalized spacial score (nSPS) is 16.4. The summed E-state index contributed by atoms with van der Waals surface area (Å²) in [4.78, 5) is 55.3. The Morgan fingerprint density at radius 2 is 2.10 bits per heavy atom. The van der Waals surface area contributed by atoms with Crippen molar-refractivity contribution in [2.24, 2.45) is 0 Å². The van der Waals surface area contributed by atoms with Crippen LogP contribution in [-0.4, -0.2) is 45.7 Å². The number of esters is 1. The van der Waals surface area contributed by atoms with Gasteiger partial charge in [-0.2, -0.15) is 0 Å². The van der Waals surface area contributed by atoms with Gasteiger partial charge in [-0.15, -0.1) is 11.3 Å². The third kappa shape index (κ3) is 3.90. The molecule has 152 valence electrons. The molecule has 1 saturated heterocycles. The van der Waals surface area contributed by atoms with Crippen LogP contribution in [0.15, 0.2) is 23.4 Å². The molecule has 1 atom stereocenters. The van der Waals surface area contributed by atoms with Crippen molar-refractivity contribution in [1.29, 1.82) is 0 Å². The van der Waals surface area contributed by atoms with Gasteiger partial charge in [-0.25, -0.2) is 19.5 Å². The highest BCUT2D eigenvalue weighted by Crippen LogP contribution is 2.41. The van der Waals surface area contributed by atoms with Crippen LogP contribution < -0.4 is 4.90 Å². The van der Waals surface area contributed by atoms with Crippen molar-refractivity contribution in [1.82, 2.24) is 4.98 Å². The SMILES string of the molecule is CCOC(=O)c1c(N2C(=O)C[C@H](Sc3ncccc3C(=O)O)C2=O)sc(C)c1C. The zero-order valence-corrected chi connectivity index (χ0v) is 17.6. The number of thioether (sulfide) groups is 1. The van der Waals surface area contributed by atoms with Crippen molar-refractivity contribution in [2.45, 2.75) is 37.5 Å². The third-order valence-corrected chi connectivity index (χ3v) is 6.80. The minimum Gasteiger partial charge on any atom is -0.478 e. The molecule has 0 unspecified atom stereocenters. The number of carboxylic acid groups (broad SMARTS) is 1. The van der Waals surface area contributed by atoms with E-state index in [1.807, 2.05) is 0 Å². The van der Waals surface area contributed by atoms with Gasteiger partial charge in [0.1, 0.15) is 10.0 Å². The van der Waals surface area contributed by atoms with Crippen LogP contribution in [0.3, 0.4) is 0 Å². The number of carboxylic acids is 1. The molecule has 8 nitrogen and oxygen atoms in total. The smallest absolute Gasteiger partial charge is 0.341 e. The Labute approximate surface area is 174 Å². The predicted octanol–water partition coefficient (Wildman–Crippen LogP) is 3.06. The molecule has 0 bridgehead atoms. The van der Waals surface area contributed by atoms with E-state index < -0.39 is 29.0 Å². The molecule has 1 N–H and O–H groups in total. The Morgan fingerprint density at radius 3 is 2.76 bits per heavy atom. The van der Waals surface area contributed by atoms with Crippen molar-refractivity contribution in [3.63, 3.8) is 0 Å². The molecule has 0 aromatic carbocycles. The Kier molecular flexibility index (Phi) is 6.04. The number of thiophene rings is 1. The zero-order valence-electron chi connectivity index (χ0n) is 15.9. The van der Waals surface area contributed by atoms with E-state index >= 15 is 0 Å². The van der Waals surface area contributed by atoms with Gasteiger partial charge in [0.25, 0.3) is 0 Å². The van der Waals surface area contributed by atoms with Crippen molar-refractivity contribution < 1.29 is 29.0 Å². The highest BCUT2D eigenvalue weighted by atomic mass is 32.2. The summed E-state index contributed by atoms with van der Waals surface area (Å²) in [5.41, 5.74) is 0.843. The maximum absolute atomic E-state index is 13.0. The topological polar surface area (TPSA) is 114 Å². The quantitative estimate of drug-likeness (QED) is 0.545. The highest BCUT2D eigenvalue weighted by molar-refractivity contribution is 8.00. The third-order valence-electron chi connectivity index (χ3n) is 4.41. The molecule has 1 aliphatic heterocycles. The number of pyridine rings is 1. The van der Waals surface area contributed by atoms with Gasteiger partial charge in [0.15, 0.2) is 0 Å². The fraction of sp³-hybridized carbons (Fsp3) is 0.316. The van der Waals surface area contributed by atoms with Crippen LogP contribution in [0.25, 0.3) is 0 Å². The number of rotatable bonds is 6. The number of carbonyl (C=O) groups is 4. The van der Waals surface area contributed by atoms with Gasteiger partial charge >= 0.3 is 11.9 Å². The van der Waals surface area contributed by atoms with Gasteiger partial charge in [0, 0.05) is 17.5 Å². The van der Waals surface area contributed by atoms with Crippen LogP contribution in [0.1, 0.15) is 44.5 Å². The molecule has 3 rings (SSSR count). The van der Waals surface area contributed by atoms with Gasteiger partial charge in [0.05, 0.1) is 23.0 Å². The Morgan fingerprint density at radius 1 is 1.38 bits per heavy atom. The van der Waals surface area contributed by atoms with Crippen molar-refractivity contribution in [3.05, 3.63) is 39.9 Å². The first-order chi connectivity index (χ1) is 13.8. The number of aryl methyl sites for hydroxylation is 1. The summed E-state index contributed by atoms with van der Waals surface area (Å²) in [6.45, 7) is 5.39. The van der Waals surface area contributed by atoms with Gasteiger partial charge in [-0.3, -0.25) is 9.59 Å². The summed E-state index contributed by atoms with van der Waals surface area (Å²) in [6, 6.07) is 2.88. The molecule has 0 radical (unpaired) electrons. The van der Waals surface area contributed by atoms with Gasteiger partial charge in [-0.05, 0) is 38.5 Å². The van der Waals surface area contributed by atoms with Crippen molar-refractivity contribution >= 4 is 51.9 Å². The van der Waals surface area contributed by atoms with E-state index in [1.54, 1.807) is 20.8 Å². The summed E-state index contributed by atoms with van der Waals surface area (Å²) in [6.07, 6.45) is 1.32. The number of nitrogens with zero attached hydrogens (tertiary/aromatic N) is 2. The number of amides is 2. The van der Waals surface area contributed by atoms with E-state index in [9.17, 15) is 24.3 Å². The van der Waals surface area contributed by atoms with Crippen molar-refractivity contribution in [2.75, 3.05) is 11.5 Å².